The van der Waals surface area contributed by atoms with Crippen molar-refractivity contribution in [3.05, 3.63) is 65.6 Å². The topological polar surface area (TPSA) is 118 Å². The van der Waals surface area contributed by atoms with Gasteiger partial charge in [0.15, 0.2) is 4.34 Å². The van der Waals surface area contributed by atoms with E-state index in [0.717, 1.165) is 27.4 Å². The fourth-order valence-electron chi connectivity index (χ4n) is 4.94. The number of amides is 3. The summed E-state index contributed by atoms with van der Waals surface area (Å²) in [6, 6.07) is 14.9. The maximum Gasteiger partial charge on any atom is 0.415 e. The van der Waals surface area contributed by atoms with E-state index in [1.165, 1.54) is 31.4 Å². The predicted octanol–water partition coefficient (Wildman–Crippen LogP) is 6.99. The molecule has 1 saturated heterocycles. The Labute approximate surface area is 298 Å². The van der Waals surface area contributed by atoms with Crippen molar-refractivity contribution < 1.29 is 28.7 Å². The van der Waals surface area contributed by atoms with Crippen LogP contribution >= 0.6 is 67.7 Å². The van der Waals surface area contributed by atoms with Crippen molar-refractivity contribution in [2.75, 3.05) is 24.6 Å². The Balaban J connectivity index is 1.28. The lowest BCUT2D eigenvalue weighted by Crippen LogP contribution is -2.72. The van der Waals surface area contributed by atoms with E-state index < -0.39 is 52.9 Å². The van der Waals surface area contributed by atoms with Crippen molar-refractivity contribution >= 4 is 108 Å². The maximum absolute atomic E-state index is 13.4. The number of esters is 1. The van der Waals surface area contributed by atoms with Crippen LogP contribution in [0, 0.1) is 5.92 Å². The van der Waals surface area contributed by atoms with Crippen molar-refractivity contribution in [2.24, 2.45) is 5.92 Å². The summed E-state index contributed by atoms with van der Waals surface area (Å²) in [5.41, 5.74) is 2.09. The standard InChI is InChI=1S/C31H31Cl3N4O6S3/c1-18(16-45-47-29-35-22-10-6-7-11-23(22)46-29)27-26(28(41)38(27)15-25(40)43-17-31(32,33)34)36-24(39)14-37(21-8-4-3-5-9-21)30(42)44-19(2)20-12-13-20/h3-11,16,19-20,26-27H,12-15,17H2,1-2H3,(H,36,39). The number of ether oxygens (including phenoxy) is 2. The van der Waals surface area contributed by atoms with E-state index in [2.05, 4.69) is 10.3 Å². The van der Waals surface area contributed by atoms with E-state index in [9.17, 15) is 19.2 Å². The number of likely N-dealkylation sites (tertiary alicyclic amines) is 1. The van der Waals surface area contributed by atoms with Crippen LogP contribution < -0.4 is 10.2 Å². The molecule has 3 amide bonds. The summed E-state index contributed by atoms with van der Waals surface area (Å²) >= 11 is 18.7. The van der Waals surface area contributed by atoms with Crippen molar-refractivity contribution in [3.8, 4) is 0 Å². The number of aromatic nitrogens is 1. The SMILES string of the molecule is CC(=CSSc1nc2ccccc2s1)C1C(NC(=O)CN(C(=O)OC(C)C2CC2)c2ccccc2)C(=O)N1CC(=O)OCC(Cl)(Cl)Cl. The number of anilines is 1. The van der Waals surface area contributed by atoms with Crippen LogP contribution in [0.3, 0.4) is 0 Å². The van der Waals surface area contributed by atoms with Crippen LogP contribution in [0.5, 0.6) is 0 Å². The number of alkyl halides is 3. The van der Waals surface area contributed by atoms with Gasteiger partial charge in [0, 0.05) is 5.69 Å². The summed E-state index contributed by atoms with van der Waals surface area (Å²) in [5, 5.41) is 4.61. The Hall–Kier alpha value is -2.68. The highest BCUT2D eigenvalue weighted by atomic mass is 35.6. The van der Waals surface area contributed by atoms with E-state index in [0.29, 0.717) is 17.2 Å². The first-order valence-corrected chi connectivity index (χ1v) is 18.8. The van der Waals surface area contributed by atoms with Gasteiger partial charge >= 0.3 is 12.1 Å². The Kier molecular flexibility index (Phi) is 11.9. The number of nitrogens with one attached hydrogen (secondary N) is 1. The van der Waals surface area contributed by atoms with Gasteiger partial charge in [0.2, 0.25) is 15.6 Å². The van der Waals surface area contributed by atoms with E-state index >= 15 is 0 Å². The molecule has 5 rings (SSSR count). The lowest BCUT2D eigenvalue weighted by Gasteiger charge is -2.47. The molecule has 3 unspecified atom stereocenters. The maximum atomic E-state index is 13.4. The van der Waals surface area contributed by atoms with E-state index in [1.807, 2.05) is 36.6 Å². The number of para-hydroxylation sites is 2. The minimum Gasteiger partial charge on any atom is -0.460 e. The van der Waals surface area contributed by atoms with Crippen LogP contribution in [-0.2, 0) is 23.9 Å². The van der Waals surface area contributed by atoms with Crippen LogP contribution in [0.2, 0.25) is 0 Å². The number of hydrogen-bond acceptors (Lipinski definition) is 10. The molecule has 3 aromatic rings. The molecule has 2 aromatic carbocycles. The second-order valence-electron chi connectivity index (χ2n) is 11.1. The molecule has 1 aliphatic heterocycles. The second-order valence-corrected chi connectivity index (χ2v) is 16.9. The zero-order chi connectivity index (χ0) is 33.7. The van der Waals surface area contributed by atoms with E-state index in [4.69, 9.17) is 44.3 Å². The Morgan fingerprint density at radius 1 is 1.15 bits per heavy atom. The number of nitrogens with zero attached hydrogens (tertiary/aromatic N) is 3. The monoisotopic (exact) mass is 756 g/mol. The third kappa shape index (κ3) is 9.70. The molecule has 0 spiro atoms. The third-order valence-electron chi connectivity index (χ3n) is 7.47. The first-order chi connectivity index (χ1) is 22.4. The van der Waals surface area contributed by atoms with Crippen molar-refractivity contribution in [2.45, 2.75) is 53.0 Å². The highest BCUT2D eigenvalue weighted by Gasteiger charge is 2.50. The third-order valence-corrected chi connectivity index (χ3v) is 11.3. The van der Waals surface area contributed by atoms with Gasteiger partial charge in [0.05, 0.1) is 16.3 Å². The number of halogens is 3. The lowest BCUT2D eigenvalue weighted by molar-refractivity contribution is -0.160. The molecule has 47 heavy (non-hydrogen) atoms. The molecule has 2 fully saturated rings. The number of β-lactam (4-membered cyclic amide) rings is 1. The number of carbonyl (C=O) groups excluding carboxylic acids is 4. The van der Waals surface area contributed by atoms with Crippen molar-refractivity contribution in [1.29, 1.82) is 0 Å². The summed E-state index contributed by atoms with van der Waals surface area (Å²) in [4.78, 5) is 59.6. The Bertz CT molecular complexity index is 1620. The van der Waals surface area contributed by atoms with E-state index in [1.54, 1.807) is 48.6 Å². The van der Waals surface area contributed by atoms with Gasteiger partial charge in [-0.15, -0.1) is 11.3 Å². The molecular weight excluding hydrogens is 727 g/mol. The normalized spacial score (nSPS) is 18.8. The summed E-state index contributed by atoms with van der Waals surface area (Å²) in [5.74, 6) is -1.53. The molecular formula is C31H31Cl3N4O6S3. The number of fused-ring (bicyclic) bond motifs is 1. The molecule has 1 aliphatic carbocycles. The smallest absolute Gasteiger partial charge is 0.415 e. The van der Waals surface area contributed by atoms with Crippen LogP contribution in [0.4, 0.5) is 10.5 Å². The number of hydrogen-bond donors (Lipinski definition) is 1. The van der Waals surface area contributed by atoms with Crippen LogP contribution in [0.25, 0.3) is 10.2 Å². The number of rotatable bonds is 13. The fraction of sp³-hybridized carbons (Fsp3) is 0.387. The highest BCUT2D eigenvalue weighted by molar-refractivity contribution is 8.78. The molecule has 0 radical (unpaired) electrons. The minimum atomic E-state index is -1.81. The van der Waals surface area contributed by atoms with E-state index in [-0.39, 0.29) is 12.6 Å². The van der Waals surface area contributed by atoms with Gasteiger partial charge in [-0.1, -0.05) is 75.9 Å². The molecule has 16 heteroatoms. The molecule has 10 nitrogen and oxygen atoms in total. The molecule has 1 saturated carbocycles. The van der Waals surface area contributed by atoms with Gasteiger partial charge < -0.3 is 19.7 Å². The van der Waals surface area contributed by atoms with Crippen LogP contribution in [0.15, 0.2) is 69.9 Å². The summed E-state index contributed by atoms with van der Waals surface area (Å²) in [6.07, 6.45) is 1.05. The van der Waals surface area contributed by atoms with Gasteiger partial charge in [-0.3, -0.25) is 19.3 Å². The molecule has 1 aromatic heterocycles. The molecule has 250 valence electrons. The van der Waals surface area contributed by atoms with Crippen molar-refractivity contribution in [3.63, 3.8) is 0 Å². The van der Waals surface area contributed by atoms with Gasteiger partial charge in [0.25, 0.3) is 0 Å². The Morgan fingerprint density at radius 3 is 2.53 bits per heavy atom. The number of thiazole rings is 1. The van der Waals surface area contributed by atoms with Crippen LogP contribution in [-0.4, -0.2) is 75.4 Å². The predicted molar refractivity (Wildman–Crippen MR) is 188 cm³/mol. The number of carbonyl (C=O) groups is 4. The zero-order valence-corrected chi connectivity index (χ0v) is 30.0. The fourth-order valence-corrected chi connectivity index (χ4v) is 8.38. The minimum absolute atomic E-state index is 0.282. The highest BCUT2D eigenvalue weighted by Crippen LogP contribution is 2.39. The number of benzene rings is 2. The molecule has 2 aliphatic rings. The van der Waals surface area contributed by atoms with Gasteiger partial charge in [0.1, 0.15) is 31.8 Å². The first kappa shape index (κ1) is 35.6. The average Bonchev–Trinajstić information content (AvgIpc) is 3.81. The van der Waals surface area contributed by atoms with Crippen molar-refractivity contribution in [1.82, 2.24) is 15.2 Å². The average molecular weight is 758 g/mol. The first-order valence-electron chi connectivity index (χ1n) is 14.6. The molecule has 1 N–H and O–H groups in total. The molecule has 3 atom stereocenters. The lowest BCUT2D eigenvalue weighted by atomic mass is 9.89. The quantitative estimate of drug-likeness (QED) is 0.0852. The summed E-state index contributed by atoms with van der Waals surface area (Å²) in [6.45, 7) is 2.35. The molecule has 0 bridgehead atoms. The van der Waals surface area contributed by atoms with Gasteiger partial charge in [-0.25, -0.2) is 9.78 Å². The van der Waals surface area contributed by atoms with Gasteiger partial charge in [-0.2, -0.15) is 0 Å². The molecule has 2 heterocycles. The second kappa shape index (κ2) is 15.7. The Morgan fingerprint density at radius 2 is 1.85 bits per heavy atom. The zero-order valence-electron chi connectivity index (χ0n) is 25.3. The largest absolute Gasteiger partial charge is 0.460 e. The summed E-state index contributed by atoms with van der Waals surface area (Å²) in [7, 11) is 2.85. The van der Waals surface area contributed by atoms with Gasteiger partial charge in [-0.05, 0) is 78.6 Å². The summed E-state index contributed by atoms with van der Waals surface area (Å²) < 4.78 is 10.8. The van der Waals surface area contributed by atoms with Crippen LogP contribution in [0.1, 0.15) is 26.7 Å².